The fourth-order valence-corrected chi connectivity index (χ4v) is 1.49. The maximum Gasteiger partial charge on any atom is 0.268 e. The molecule has 0 aromatic carbocycles. The van der Waals surface area contributed by atoms with Gasteiger partial charge >= 0.3 is 0 Å². The summed E-state index contributed by atoms with van der Waals surface area (Å²) in [4.78, 5) is 0. The van der Waals surface area contributed by atoms with Gasteiger partial charge in [-0.3, -0.25) is 0 Å². The van der Waals surface area contributed by atoms with Crippen LogP contribution in [0.15, 0.2) is 55.4 Å². The molecule has 3 heteroatoms. The van der Waals surface area contributed by atoms with Crippen molar-refractivity contribution in [1.82, 2.24) is 4.68 Å². The third-order valence-corrected chi connectivity index (χ3v) is 2.47. The average molecular weight is 216 g/mol. The van der Waals surface area contributed by atoms with Crippen molar-refractivity contribution in [2.24, 2.45) is 0 Å². The van der Waals surface area contributed by atoms with Gasteiger partial charge in [-0.2, -0.15) is 5.01 Å². The molecule has 0 aliphatic carbocycles. The Morgan fingerprint density at radius 2 is 1.56 bits per heavy atom. The Labute approximate surface area is 96.6 Å². The van der Waals surface area contributed by atoms with Gasteiger partial charge < -0.3 is 0 Å². The van der Waals surface area contributed by atoms with E-state index in [0.29, 0.717) is 0 Å². The van der Waals surface area contributed by atoms with Crippen molar-refractivity contribution in [3.63, 3.8) is 0 Å². The fourth-order valence-electron chi connectivity index (χ4n) is 1.49. The Morgan fingerprint density at radius 3 is 2.06 bits per heavy atom. The van der Waals surface area contributed by atoms with E-state index in [1.54, 1.807) is 0 Å². The molecule has 0 radical (unpaired) electrons. The van der Waals surface area contributed by atoms with E-state index < -0.39 is 0 Å². The predicted octanol–water partition coefficient (Wildman–Crippen LogP) is 2.07. The number of aromatic nitrogens is 2. The van der Waals surface area contributed by atoms with Gasteiger partial charge in [0.15, 0.2) is 6.20 Å². The van der Waals surface area contributed by atoms with Crippen LogP contribution in [-0.4, -0.2) is 4.68 Å². The second kappa shape index (κ2) is 4.00. The lowest BCUT2D eigenvalue weighted by Gasteiger charge is -2.14. The second-order valence-corrected chi connectivity index (χ2v) is 4.82. The van der Waals surface area contributed by atoms with Gasteiger partial charge in [0, 0.05) is 12.4 Å². The van der Waals surface area contributed by atoms with Crippen LogP contribution < -0.4 is 9.58 Å². The van der Waals surface area contributed by atoms with E-state index >= 15 is 0 Å². The monoisotopic (exact) mass is 216 g/mol. The van der Waals surface area contributed by atoms with E-state index in [9.17, 15) is 0 Å². The zero-order valence-corrected chi connectivity index (χ0v) is 10.0. The first kappa shape index (κ1) is 10.7. The molecule has 1 aliphatic heterocycles. The molecule has 0 atom stereocenters. The largest absolute Gasteiger partial charge is 0.268 e. The quantitative estimate of drug-likeness (QED) is 0.654. The van der Waals surface area contributed by atoms with Crippen molar-refractivity contribution in [3.05, 3.63) is 55.4 Å². The molecule has 0 fully saturated rings. The zero-order valence-electron chi connectivity index (χ0n) is 10.0. The van der Waals surface area contributed by atoms with Gasteiger partial charge in [0.25, 0.3) is 6.33 Å². The van der Waals surface area contributed by atoms with Crippen LogP contribution in [0.25, 0.3) is 0 Å². The number of nitrogens with zero attached hydrogens (tertiary/aromatic N) is 3. The maximum absolute atomic E-state index is 2.19. The van der Waals surface area contributed by atoms with E-state index in [2.05, 4.69) is 37.9 Å². The second-order valence-electron chi connectivity index (χ2n) is 4.82. The molecule has 1 aromatic heterocycles. The maximum atomic E-state index is 2.19. The van der Waals surface area contributed by atoms with Gasteiger partial charge in [0.2, 0.25) is 0 Å². The summed E-state index contributed by atoms with van der Waals surface area (Å²) in [6, 6.07) is 0. The molecule has 1 aromatic rings. The van der Waals surface area contributed by atoms with E-state index in [4.69, 9.17) is 0 Å². The lowest BCUT2D eigenvalue weighted by molar-refractivity contribution is -0.753. The van der Waals surface area contributed by atoms with Gasteiger partial charge in [-0.25, -0.2) is 4.57 Å². The summed E-state index contributed by atoms with van der Waals surface area (Å²) in [5.41, 5.74) is 0.114. The summed E-state index contributed by atoms with van der Waals surface area (Å²) in [6.45, 7) is 6.56. The molecule has 2 heterocycles. The summed E-state index contributed by atoms with van der Waals surface area (Å²) in [5.74, 6) is 0. The minimum atomic E-state index is 0.114. The van der Waals surface area contributed by atoms with Crippen molar-refractivity contribution >= 4 is 0 Å². The molecule has 16 heavy (non-hydrogen) atoms. The van der Waals surface area contributed by atoms with Crippen LogP contribution in [0.2, 0.25) is 0 Å². The SMILES string of the molecule is CC(C)(C)[n+]1ccn(N2C=CC=CC=C2)c1. The van der Waals surface area contributed by atoms with Gasteiger partial charge in [0.05, 0.1) is 0 Å². The Kier molecular flexibility index (Phi) is 2.69. The van der Waals surface area contributed by atoms with E-state index in [1.165, 1.54) is 0 Å². The van der Waals surface area contributed by atoms with Gasteiger partial charge in [0.1, 0.15) is 11.7 Å². The van der Waals surface area contributed by atoms with Crippen molar-refractivity contribution < 1.29 is 4.57 Å². The number of rotatable bonds is 1. The normalized spacial score (nSPS) is 15.6. The smallest absolute Gasteiger partial charge is 0.230 e. The average Bonchev–Trinajstić information content (AvgIpc) is 2.55. The van der Waals surface area contributed by atoms with Crippen LogP contribution in [0, 0.1) is 0 Å². The molecule has 0 N–H and O–H groups in total. The van der Waals surface area contributed by atoms with E-state index in [1.807, 2.05) is 52.6 Å². The molecule has 84 valence electrons. The number of hydrogen-bond acceptors (Lipinski definition) is 1. The summed E-state index contributed by atoms with van der Waals surface area (Å²) >= 11 is 0. The molecule has 0 saturated carbocycles. The lowest BCUT2D eigenvalue weighted by Crippen LogP contribution is -2.48. The first-order valence-corrected chi connectivity index (χ1v) is 5.47. The molecule has 0 bridgehead atoms. The lowest BCUT2D eigenvalue weighted by atomic mass is 10.1. The van der Waals surface area contributed by atoms with Crippen LogP contribution in [0.4, 0.5) is 0 Å². The summed E-state index contributed by atoms with van der Waals surface area (Å²) in [6.07, 6.45) is 18.3. The molecule has 0 saturated heterocycles. The number of allylic oxidation sites excluding steroid dienone is 4. The number of imidazole rings is 1. The van der Waals surface area contributed by atoms with Crippen molar-refractivity contribution in [2.75, 3.05) is 5.01 Å². The topological polar surface area (TPSA) is 12.0 Å². The highest BCUT2D eigenvalue weighted by atomic mass is 15.5. The Hall–Kier alpha value is -1.77. The van der Waals surface area contributed by atoms with Gasteiger partial charge in [-0.15, -0.1) is 4.68 Å². The molecular weight excluding hydrogens is 198 g/mol. The molecule has 2 rings (SSSR count). The highest BCUT2D eigenvalue weighted by molar-refractivity contribution is 5.24. The van der Waals surface area contributed by atoms with Crippen molar-refractivity contribution in [1.29, 1.82) is 0 Å². The minimum Gasteiger partial charge on any atom is -0.230 e. The molecular formula is C13H18N3+. The first-order valence-electron chi connectivity index (χ1n) is 5.47. The van der Waals surface area contributed by atoms with Crippen molar-refractivity contribution in [2.45, 2.75) is 26.3 Å². The van der Waals surface area contributed by atoms with E-state index in [0.717, 1.165) is 0 Å². The molecule has 1 aliphatic rings. The molecule has 0 amide bonds. The van der Waals surface area contributed by atoms with Crippen LogP contribution in [0.5, 0.6) is 0 Å². The third kappa shape index (κ3) is 2.24. The minimum absolute atomic E-state index is 0.114. The van der Waals surface area contributed by atoms with E-state index in [-0.39, 0.29) is 5.54 Å². The first-order chi connectivity index (χ1) is 7.57. The van der Waals surface area contributed by atoms with Crippen molar-refractivity contribution in [3.8, 4) is 0 Å². The molecule has 0 unspecified atom stereocenters. The number of hydrogen-bond donors (Lipinski definition) is 0. The standard InChI is InChI=1S/C13H18N3/c1-13(2,3)14-10-11-16(12-14)15-8-6-4-5-7-9-15/h4-12H,1-3H3/q+1. The van der Waals surface area contributed by atoms with Gasteiger partial charge in [-0.1, -0.05) is 12.2 Å². The molecule has 3 nitrogen and oxygen atoms in total. The Morgan fingerprint density at radius 1 is 0.938 bits per heavy atom. The Balaban J connectivity index is 2.25. The van der Waals surface area contributed by atoms with Crippen LogP contribution in [0.3, 0.4) is 0 Å². The fraction of sp³-hybridized carbons (Fsp3) is 0.308. The van der Waals surface area contributed by atoms with Crippen LogP contribution in [0.1, 0.15) is 20.8 Å². The van der Waals surface area contributed by atoms with Crippen LogP contribution in [-0.2, 0) is 5.54 Å². The zero-order chi connectivity index (χ0) is 11.6. The summed E-state index contributed by atoms with van der Waals surface area (Å²) in [7, 11) is 0. The highest BCUT2D eigenvalue weighted by Gasteiger charge is 2.20. The third-order valence-electron chi connectivity index (χ3n) is 2.47. The molecule has 0 spiro atoms. The predicted molar refractivity (Wildman–Crippen MR) is 65.3 cm³/mol. The van der Waals surface area contributed by atoms with Crippen LogP contribution >= 0.6 is 0 Å². The Bertz CT molecular complexity index is 428. The van der Waals surface area contributed by atoms with Gasteiger partial charge in [-0.05, 0) is 32.9 Å². The summed E-state index contributed by atoms with van der Waals surface area (Å²) in [5, 5.41) is 2.03. The highest BCUT2D eigenvalue weighted by Crippen LogP contribution is 2.04. The summed E-state index contributed by atoms with van der Waals surface area (Å²) < 4.78 is 4.23.